The number of amides is 2. The van der Waals surface area contributed by atoms with Crippen LogP contribution in [0.1, 0.15) is 34.7 Å². The number of nitrogens with zero attached hydrogens (tertiary/aromatic N) is 1. The Balaban J connectivity index is 1.84. The van der Waals surface area contributed by atoms with Crippen molar-refractivity contribution in [2.24, 2.45) is 5.73 Å². The van der Waals surface area contributed by atoms with Crippen LogP contribution in [-0.4, -0.2) is 26.8 Å². The number of nitrogens with two attached hydrogens (primary N) is 1. The number of aliphatic carboxylic acids is 1. The van der Waals surface area contributed by atoms with E-state index in [0.717, 1.165) is 40.6 Å². The second-order valence-corrected chi connectivity index (χ2v) is 8.41. The van der Waals surface area contributed by atoms with E-state index in [1.807, 2.05) is 0 Å². The standard InChI is InChI=1S/C24H22ClF3N4O5/c25-17-6-5-16(24(26,27)28)9-15(17)12-32-8-7-19(33)21(22(32)36)31-23(37)30-18(10-20(34)35)14-3-1-13(11-29)2-4-14/h1-9,18,33H,10-12,29H2,(H,34,35)(H2,30,31,37). The fourth-order valence-electron chi connectivity index (χ4n) is 3.48. The van der Waals surface area contributed by atoms with Gasteiger partial charge >= 0.3 is 18.2 Å². The number of aromatic nitrogens is 1. The van der Waals surface area contributed by atoms with Crippen molar-refractivity contribution in [1.82, 2.24) is 9.88 Å². The molecule has 37 heavy (non-hydrogen) atoms. The van der Waals surface area contributed by atoms with Crippen molar-refractivity contribution in [1.29, 1.82) is 0 Å². The monoisotopic (exact) mass is 538 g/mol. The Morgan fingerprint density at radius 2 is 1.78 bits per heavy atom. The molecule has 0 fully saturated rings. The Morgan fingerprint density at radius 3 is 2.38 bits per heavy atom. The normalized spacial score (nSPS) is 12.1. The van der Waals surface area contributed by atoms with E-state index in [1.54, 1.807) is 24.3 Å². The number of carbonyl (C=O) groups is 2. The van der Waals surface area contributed by atoms with Crippen molar-refractivity contribution in [3.05, 3.63) is 92.4 Å². The van der Waals surface area contributed by atoms with Gasteiger partial charge in [-0.25, -0.2) is 4.79 Å². The topological polar surface area (TPSA) is 147 Å². The van der Waals surface area contributed by atoms with Crippen molar-refractivity contribution < 1.29 is 33.0 Å². The van der Waals surface area contributed by atoms with E-state index in [4.69, 9.17) is 17.3 Å². The highest BCUT2D eigenvalue weighted by atomic mass is 35.5. The third kappa shape index (κ3) is 7.02. The van der Waals surface area contributed by atoms with Gasteiger partial charge in [-0.3, -0.25) is 9.59 Å². The number of pyridine rings is 1. The highest BCUT2D eigenvalue weighted by molar-refractivity contribution is 6.31. The maximum Gasteiger partial charge on any atom is 0.416 e. The number of rotatable bonds is 8. The van der Waals surface area contributed by atoms with Gasteiger partial charge in [-0.15, -0.1) is 0 Å². The van der Waals surface area contributed by atoms with Crippen LogP contribution in [0.15, 0.2) is 59.5 Å². The Kier molecular flexibility index (Phi) is 8.46. The van der Waals surface area contributed by atoms with E-state index in [2.05, 4.69) is 10.6 Å². The lowest BCUT2D eigenvalue weighted by Crippen LogP contribution is -2.36. The molecule has 3 aromatic rings. The smallest absolute Gasteiger partial charge is 0.416 e. The number of nitrogens with one attached hydrogen (secondary N) is 2. The predicted octanol–water partition coefficient (Wildman–Crippen LogP) is 4.07. The fraction of sp³-hybridized carbons (Fsp3) is 0.208. The molecule has 3 rings (SSSR count). The molecular weight excluding hydrogens is 517 g/mol. The molecule has 0 aliphatic rings. The van der Waals surface area contributed by atoms with Gasteiger partial charge in [0.1, 0.15) is 5.75 Å². The molecule has 1 aromatic heterocycles. The van der Waals surface area contributed by atoms with Gasteiger partial charge in [-0.05, 0) is 41.0 Å². The number of halogens is 4. The Labute approximate surface area is 213 Å². The van der Waals surface area contributed by atoms with Crippen LogP contribution in [-0.2, 0) is 24.1 Å². The lowest BCUT2D eigenvalue weighted by atomic mass is 10.0. The summed E-state index contributed by atoms with van der Waals surface area (Å²) in [6.45, 7) is -0.115. The van der Waals surface area contributed by atoms with Crippen LogP contribution >= 0.6 is 11.6 Å². The van der Waals surface area contributed by atoms with Crippen LogP contribution in [0.5, 0.6) is 5.75 Å². The van der Waals surface area contributed by atoms with Crippen LogP contribution in [0.4, 0.5) is 23.7 Å². The van der Waals surface area contributed by atoms with Crippen LogP contribution in [0.2, 0.25) is 5.02 Å². The van der Waals surface area contributed by atoms with Gasteiger partial charge in [0.15, 0.2) is 5.69 Å². The number of carboxylic acid groups (broad SMARTS) is 1. The first-order valence-corrected chi connectivity index (χ1v) is 11.1. The lowest BCUT2D eigenvalue weighted by molar-refractivity contribution is -0.138. The number of aromatic hydroxyl groups is 1. The fourth-order valence-corrected chi connectivity index (χ4v) is 3.66. The Morgan fingerprint density at radius 1 is 1.11 bits per heavy atom. The molecule has 13 heteroatoms. The zero-order valence-corrected chi connectivity index (χ0v) is 19.8. The minimum atomic E-state index is -4.62. The molecule has 0 radical (unpaired) electrons. The summed E-state index contributed by atoms with van der Waals surface area (Å²) in [6, 6.07) is 8.29. The molecule has 2 amide bonds. The van der Waals surface area contributed by atoms with E-state index in [-0.39, 0.29) is 23.7 Å². The van der Waals surface area contributed by atoms with Gasteiger partial charge in [0, 0.05) is 17.8 Å². The third-order valence-corrected chi connectivity index (χ3v) is 5.77. The van der Waals surface area contributed by atoms with Gasteiger partial charge in [-0.2, -0.15) is 13.2 Å². The molecule has 1 heterocycles. The number of hydrogen-bond acceptors (Lipinski definition) is 5. The van der Waals surface area contributed by atoms with E-state index < -0.39 is 53.2 Å². The van der Waals surface area contributed by atoms with Crippen LogP contribution < -0.4 is 21.9 Å². The second-order valence-electron chi connectivity index (χ2n) is 8.01. The molecule has 0 spiro atoms. The number of carboxylic acids is 1. The SMILES string of the molecule is NCc1ccc(C(CC(=O)O)NC(=O)Nc2c(O)ccn(Cc3cc(C(F)(F)F)ccc3Cl)c2=O)cc1. The first-order chi connectivity index (χ1) is 17.4. The molecule has 196 valence electrons. The number of alkyl halides is 3. The summed E-state index contributed by atoms with van der Waals surface area (Å²) < 4.78 is 40.2. The maximum absolute atomic E-state index is 13.1. The summed E-state index contributed by atoms with van der Waals surface area (Å²) in [5, 5.41) is 24.0. The average molecular weight is 539 g/mol. The summed E-state index contributed by atoms with van der Waals surface area (Å²) in [6.07, 6.45) is -3.97. The van der Waals surface area contributed by atoms with Crippen LogP contribution in [0.25, 0.3) is 0 Å². The molecule has 9 nitrogen and oxygen atoms in total. The quantitative estimate of drug-likeness (QED) is 0.292. The zero-order valence-electron chi connectivity index (χ0n) is 19.1. The first kappa shape index (κ1) is 27.6. The van der Waals surface area contributed by atoms with E-state index in [1.165, 1.54) is 0 Å². The molecule has 0 aliphatic carbocycles. The highest BCUT2D eigenvalue weighted by Gasteiger charge is 2.31. The molecule has 0 saturated heterocycles. The average Bonchev–Trinajstić information content (AvgIpc) is 2.83. The molecule has 6 N–H and O–H groups in total. The molecule has 1 unspecified atom stereocenters. The van der Waals surface area contributed by atoms with Crippen LogP contribution in [0, 0.1) is 0 Å². The number of carbonyl (C=O) groups excluding carboxylic acids is 1. The summed E-state index contributed by atoms with van der Waals surface area (Å²) in [5.74, 6) is -1.80. The summed E-state index contributed by atoms with van der Waals surface area (Å²) in [5.41, 5.74) is 4.36. The Bertz CT molecular complexity index is 1360. The van der Waals surface area contributed by atoms with E-state index >= 15 is 0 Å². The zero-order chi connectivity index (χ0) is 27.3. The van der Waals surface area contributed by atoms with E-state index in [9.17, 15) is 37.8 Å². The first-order valence-electron chi connectivity index (χ1n) is 10.7. The third-order valence-electron chi connectivity index (χ3n) is 5.40. The molecule has 0 bridgehead atoms. The molecule has 0 aliphatic heterocycles. The van der Waals surface area contributed by atoms with Crippen molar-refractivity contribution in [3.63, 3.8) is 0 Å². The molecular formula is C24H22ClF3N4O5. The van der Waals surface area contributed by atoms with Gasteiger partial charge in [0.2, 0.25) is 0 Å². The van der Waals surface area contributed by atoms with Gasteiger partial charge in [0.05, 0.1) is 24.6 Å². The van der Waals surface area contributed by atoms with Gasteiger partial charge < -0.3 is 31.1 Å². The minimum absolute atomic E-state index is 0.0119. The van der Waals surface area contributed by atoms with Crippen molar-refractivity contribution in [3.8, 4) is 5.75 Å². The molecule has 2 aromatic carbocycles. The van der Waals surface area contributed by atoms with E-state index in [0.29, 0.717) is 5.56 Å². The maximum atomic E-state index is 13.1. The molecule has 0 saturated carbocycles. The number of anilines is 1. The van der Waals surface area contributed by atoms with Crippen molar-refractivity contribution in [2.45, 2.75) is 31.7 Å². The number of benzene rings is 2. The van der Waals surface area contributed by atoms with Crippen LogP contribution in [0.3, 0.4) is 0 Å². The summed E-state index contributed by atoms with van der Waals surface area (Å²) >= 11 is 6.01. The minimum Gasteiger partial charge on any atom is -0.505 e. The van der Waals surface area contributed by atoms with Crippen molar-refractivity contribution >= 4 is 29.3 Å². The number of urea groups is 1. The largest absolute Gasteiger partial charge is 0.505 e. The number of hydrogen-bond donors (Lipinski definition) is 5. The second kappa shape index (κ2) is 11.4. The Hall–Kier alpha value is -4.03. The summed E-state index contributed by atoms with van der Waals surface area (Å²) in [4.78, 5) is 36.9. The summed E-state index contributed by atoms with van der Waals surface area (Å²) in [7, 11) is 0. The van der Waals surface area contributed by atoms with Crippen molar-refractivity contribution in [2.75, 3.05) is 5.32 Å². The predicted molar refractivity (Wildman–Crippen MR) is 129 cm³/mol. The molecule has 1 atom stereocenters. The lowest BCUT2D eigenvalue weighted by Gasteiger charge is -2.19. The van der Waals surface area contributed by atoms with Gasteiger partial charge in [0.25, 0.3) is 5.56 Å². The highest BCUT2D eigenvalue weighted by Crippen LogP contribution is 2.32. The van der Waals surface area contributed by atoms with Gasteiger partial charge in [-0.1, -0.05) is 35.9 Å².